The fourth-order valence-electron chi connectivity index (χ4n) is 0. The molecule has 0 saturated heterocycles. The van der Waals surface area contributed by atoms with E-state index < -0.39 is 5.97 Å². The second-order valence-corrected chi connectivity index (χ2v) is 0.835. The summed E-state index contributed by atoms with van der Waals surface area (Å²) in [6.45, 7) is 8.01. The van der Waals surface area contributed by atoms with E-state index in [1.54, 1.807) is 13.8 Å². The van der Waals surface area contributed by atoms with E-state index in [2.05, 4.69) is 6.92 Å². The smallest absolute Gasteiger partial charge is 0.300 e. The van der Waals surface area contributed by atoms with Crippen LogP contribution in [0.3, 0.4) is 0 Å². The van der Waals surface area contributed by atoms with E-state index in [4.69, 9.17) is 15.0 Å². The van der Waals surface area contributed by atoms with Gasteiger partial charge in [0.1, 0.15) is 0 Å². The van der Waals surface area contributed by atoms with E-state index in [-0.39, 0.29) is 6.61 Å². The number of carboxylic acids is 1. The Hall–Kier alpha value is -0.570. The lowest BCUT2D eigenvalue weighted by atomic mass is 10.9. The van der Waals surface area contributed by atoms with Crippen LogP contribution in [0.1, 0.15) is 20.8 Å². The van der Waals surface area contributed by atoms with E-state index in [1.807, 2.05) is 0 Å². The third-order valence-corrected chi connectivity index (χ3v) is 0. The molecule has 0 amide bonds. The van der Waals surface area contributed by atoms with Crippen molar-refractivity contribution < 1.29 is 15.0 Å². The van der Waals surface area contributed by atoms with Crippen molar-refractivity contribution >= 4 is 5.97 Å². The van der Waals surface area contributed by atoms with Gasteiger partial charge in [-0.2, -0.15) is 0 Å². The molecule has 0 saturated carbocycles. The lowest BCUT2D eigenvalue weighted by Gasteiger charge is -1.59. The largest absolute Gasteiger partial charge is 0.481 e. The first-order valence-electron chi connectivity index (χ1n) is 2.66. The van der Waals surface area contributed by atoms with Crippen molar-refractivity contribution in [1.82, 2.24) is 0 Å². The summed E-state index contributed by atoms with van der Waals surface area (Å²) in [7, 11) is 0. The highest BCUT2D eigenvalue weighted by molar-refractivity contribution is 5.62. The molecule has 0 aliphatic heterocycles. The van der Waals surface area contributed by atoms with Gasteiger partial charge in [0, 0.05) is 13.5 Å². The maximum atomic E-state index is 9.00. The summed E-state index contributed by atoms with van der Waals surface area (Å²) in [6.07, 6.45) is 0. The zero-order valence-corrected chi connectivity index (χ0v) is 6.22. The van der Waals surface area contributed by atoms with Crippen LogP contribution in [-0.4, -0.2) is 22.8 Å². The predicted octanol–water partition coefficient (Wildman–Crippen LogP) is 0.930. The predicted molar refractivity (Wildman–Crippen MR) is 37.1 cm³/mol. The van der Waals surface area contributed by atoms with Crippen molar-refractivity contribution in [1.29, 1.82) is 0 Å². The molecule has 0 atom stereocenters. The Kier molecular flexibility index (Phi) is 45.8. The molecule has 2 N–H and O–H groups in total. The molecular weight excluding hydrogens is 120 g/mol. The number of carboxylic acid groups (broad SMARTS) is 1. The Morgan fingerprint density at radius 1 is 1.56 bits per heavy atom. The van der Waals surface area contributed by atoms with Gasteiger partial charge >= 0.3 is 0 Å². The van der Waals surface area contributed by atoms with Gasteiger partial charge in [-0.15, -0.1) is 0 Å². The molecule has 1 radical (unpaired) electrons. The van der Waals surface area contributed by atoms with Crippen molar-refractivity contribution in [3.05, 3.63) is 6.92 Å². The maximum absolute atomic E-state index is 9.00. The van der Waals surface area contributed by atoms with Crippen molar-refractivity contribution in [3.8, 4) is 0 Å². The fourth-order valence-corrected chi connectivity index (χ4v) is 0. The van der Waals surface area contributed by atoms with E-state index in [9.17, 15) is 0 Å². The molecule has 57 valence electrons. The van der Waals surface area contributed by atoms with Crippen LogP contribution in [0.15, 0.2) is 0 Å². The lowest BCUT2D eigenvalue weighted by Crippen LogP contribution is -1.78. The van der Waals surface area contributed by atoms with E-state index >= 15 is 0 Å². The van der Waals surface area contributed by atoms with Gasteiger partial charge in [0.25, 0.3) is 5.97 Å². The first kappa shape index (κ1) is 15.8. The van der Waals surface area contributed by atoms with Gasteiger partial charge in [0.05, 0.1) is 0 Å². The average molecular weight is 135 g/mol. The first-order valence-corrected chi connectivity index (χ1v) is 2.66. The number of aliphatic carboxylic acids is 1. The molecule has 9 heavy (non-hydrogen) atoms. The first-order chi connectivity index (χ1) is 4.15. The monoisotopic (exact) mass is 135 g/mol. The standard InChI is InChI=1S/C2H4O2.C2H6O.C2H5/c1-2(3)4;1-2-3;1-2/h1H3,(H,3,4);3H,2H2,1H3;1H2,2H3. The fraction of sp³-hybridized carbons (Fsp3) is 0.667. The van der Waals surface area contributed by atoms with Crippen LogP contribution in [0.4, 0.5) is 0 Å². The molecule has 0 aliphatic rings. The van der Waals surface area contributed by atoms with E-state index in [0.717, 1.165) is 6.92 Å². The second-order valence-electron chi connectivity index (χ2n) is 0.835. The van der Waals surface area contributed by atoms with Gasteiger partial charge < -0.3 is 10.2 Å². The molecule has 0 aromatic heterocycles. The summed E-state index contributed by atoms with van der Waals surface area (Å²) >= 11 is 0. The Bertz CT molecular complexity index is 39.6. The molecule has 0 aromatic rings. The summed E-state index contributed by atoms with van der Waals surface area (Å²) in [6, 6.07) is 0. The van der Waals surface area contributed by atoms with Crippen LogP contribution >= 0.6 is 0 Å². The lowest BCUT2D eigenvalue weighted by molar-refractivity contribution is -0.134. The molecule has 0 aromatic carbocycles. The van der Waals surface area contributed by atoms with Gasteiger partial charge in [0.2, 0.25) is 0 Å². The number of hydrogen-bond donors (Lipinski definition) is 2. The minimum atomic E-state index is -0.833. The van der Waals surface area contributed by atoms with Crippen LogP contribution in [0.5, 0.6) is 0 Å². The minimum Gasteiger partial charge on any atom is -0.481 e. The van der Waals surface area contributed by atoms with Crippen LogP contribution in [0.25, 0.3) is 0 Å². The summed E-state index contributed by atoms with van der Waals surface area (Å²) < 4.78 is 0. The van der Waals surface area contributed by atoms with Crippen LogP contribution in [-0.2, 0) is 4.79 Å². The molecular formula is C6H15O3. The molecule has 3 heteroatoms. The van der Waals surface area contributed by atoms with E-state index in [1.165, 1.54) is 0 Å². The Morgan fingerprint density at radius 3 is 1.56 bits per heavy atom. The maximum Gasteiger partial charge on any atom is 0.300 e. The molecule has 0 unspecified atom stereocenters. The summed E-state index contributed by atoms with van der Waals surface area (Å²) in [4.78, 5) is 9.00. The number of hydrogen-bond acceptors (Lipinski definition) is 2. The zero-order chi connectivity index (χ0) is 8.28. The number of rotatable bonds is 0. The van der Waals surface area contributed by atoms with Crippen molar-refractivity contribution in [2.75, 3.05) is 6.61 Å². The Morgan fingerprint density at radius 2 is 1.56 bits per heavy atom. The van der Waals surface area contributed by atoms with Crippen LogP contribution < -0.4 is 0 Å². The molecule has 0 heterocycles. The number of aliphatic hydroxyl groups is 1. The normalized spacial score (nSPS) is 5.44. The molecule has 0 fully saturated rings. The third kappa shape index (κ3) is 674. The van der Waals surface area contributed by atoms with Gasteiger partial charge in [0.15, 0.2) is 0 Å². The molecule has 0 spiro atoms. The molecule has 3 nitrogen and oxygen atoms in total. The molecule has 0 bridgehead atoms. The van der Waals surface area contributed by atoms with Gasteiger partial charge in [-0.05, 0) is 6.92 Å². The summed E-state index contributed by atoms with van der Waals surface area (Å²) in [5.74, 6) is -0.833. The quantitative estimate of drug-likeness (QED) is 0.519. The zero-order valence-electron chi connectivity index (χ0n) is 6.22. The average Bonchev–Trinajstić information content (AvgIpc) is 1.71. The minimum absolute atomic E-state index is 0.250. The number of carbonyl (C=O) groups is 1. The summed E-state index contributed by atoms with van der Waals surface area (Å²) in [5, 5.41) is 15.0. The van der Waals surface area contributed by atoms with Gasteiger partial charge in [-0.1, -0.05) is 13.8 Å². The molecule has 0 aliphatic carbocycles. The second kappa shape index (κ2) is 26.1. The van der Waals surface area contributed by atoms with Crippen molar-refractivity contribution in [2.45, 2.75) is 20.8 Å². The highest BCUT2D eigenvalue weighted by Gasteiger charge is 1.65. The highest BCUT2D eigenvalue weighted by Crippen LogP contribution is 1.42. The van der Waals surface area contributed by atoms with E-state index in [0.29, 0.717) is 0 Å². The third-order valence-electron chi connectivity index (χ3n) is 0. The highest BCUT2D eigenvalue weighted by atomic mass is 16.4. The van der Waals surface area contributed by atoms with Crippen LogP contribution in [0, 0.1) is 6.92 Å². The van der Waals surface area contributed by atoms with Crippen LogP contribution in [0.2, 0.25) is 0 Å². The number of aliphatic hydroxyl groups excluding tert-OH is 1. The Balaban J connectivity index is -0.0000000646. The summed E-state index contributed by atoms with van der Waals surface area (Å²) in [5.41, 5.74) is 0. The topological polar surface area (TPSA) is 57.5 Å². The molecule has 0 rings (SSSR count). The van der Waals surface area contributed by atoms with Crippen molar-refractivity contribution in [2.24, 2.45) is 0 Å². The SMILES string of the molecule is CC(=O)O.CCO.[CH2]C. The van der Waals surface area contributed by atoms with Gasteiger partial charge in [-0.25, -0.2) is 0 Å². The van der Waals surface area contributed by atoms with Gasteiger partial charge in [-0.3, -0.25) is 4.79 Å². The Labute approximate surface area is 56.3 Å². The van der Waals surface area contributed by atoms with Crippen molar-refractivity contribution in [3.63, 3.8) is 0 Å².